The molecule has 1 unspecified atom stereocenters. The van der Waals surface area contributed by atoms with Gasteiger partial charge in [0.25, 0.3) is 0 Å². The summed E-state index contributed by atoms with van der Waals surface area (Å²) in [5, 5.41) is 0.857. The Labute approximate surface area is 242 Å². The largest absolute Gasteiger partial charge is 0.460 e. The molecule has 9 heteroatoms. The highest BCUT2D eigenvalue weighted by Gasteiger charge is 2.28. The van der Waals surface area contributed by atoms with Crippen molar-refractivity contribution in [2.24, 2.45) is 0 Å². The molecule has 5 aromatic rings. The van der Waals surface area contributed by atoms with Gasteiger partial charge in [0.2, 0.25) is 15.5 Å². The molecule has 7 nitrogen and oxygen atoms in total. The van der Waals surface area contributed by atoms with Gasteiger partial charge in [0, 0.05) is 11.1 Å². The third-order valence-corrected chi connectivity index (χ3v) is 8.33. The number of carbonyl (C=O) groups is 1. The minimum absolute atomic E-state index is 0.0356. The van der Waals surface area contributed by atoms with Gasteiger partial charge in [-0.1, -0.05) is 71.8 Å². The summed E-state index contributed by atoms with van der Waals surface area (Å²) < 4.78 is 40.4. The predicted octanol–water partition coefficient (Wildman–Crippen LogP) is 6.23. The van der Waals surface area contributed by atoms with Gasteiger partial charge < -0.3 is 9.15 Å². The molecule has 0 radical (unpaired) electrons. The molecule has 0 bridgehead atoms. The average Bonchev–Trinajstić information content (AvgIpc) is 2.94. The molecule has 0 aliphatic carbocycles. The number of esters is 1. The Morgan fingerprint density at radius 1 is 0.927 bits per heavy atom. The van der Waals surface area contributed by atoms with Crippen LogP contribution in [0.5, 0.6) is 5.75 Å². The molecular weight excluding hydrogens is 562 g/mol. The third kappa shape index (κ3) is 6.41. The number of ether oxygens (including phenoxy) is 1. The van der Waals surface area contributed by atoms with Crippen molar-refractivity contribution < 1.29 is 22.4 Å². The number of nitrogens with one attached hydrogen (secondary N) is 1. The first-order chi connectivity index (χ1) is 19.6. The Morgan fingerprint density at radius 3 is 2.29 bits per heavy atom. The summed E-state index contributed by atoms with van der Waals surface area (Å²) in [6.45, 7) is 3.53. The van der Waals surface area contributed by atoms with E-state index in [1.165, 1.54) is 30.3 Å². The molecule has 1 atom stereocenters. The van der Waals surface area contributed by atoms with Crippen LogP contribution in [0.15, 0.2) is 111 Å². The van der Waals surface area contributed by atoms with E-state index in [0.29, 0.717) is 27.3 Å². The Morgan fingerprint density at radius 2 is 1.61 bits per heavy atom. The van der Waals surface area contributed by atoms with E-state index in [1.807, 2.05) is 13.0 Å². The first-order valence-corrected chi connectivity index (χ1v) is 14.6. The molecule has 208 valence electrons. The summed E-state index contributed by atoms with van der Waals surface area (Å²) in [7, 11) is -4.03. The summed E-state index contributed by atoms with van der Waals surface area (Å²) in [5.74, 6) is -0.307. The number of sulfonamides is 1. The van der Waals surface area contributed by atoms with Crippen LogP contribution in [0.25, 0.3) is 22.1 Å². The molecule has 1 heterocycles. The van der Waals surface area contributed by atoms with Gasteiger partial charge in [-0.05, 0) is 67.8 Å². The lowest BCUT2D eigenvalue weighted by Gasteiger charge is -2.18. The van der Waals surface area contributed by atoms with Crippen molar-refractivity contribution in [3.63, 3.8) is 0 Å². The van der Waals surface area contributed by atoms with Crippen LogP contribution in [0.1, 0.15) is 16.9 Å². The number of carbonyl (C=O) groups excluding carboxylic acids is 1. The van der Waals surface area contributed by atoms with E-state index in [0.717, 1.165) is 11.1 Å². The van der Waals surface area contributed by atoms with Gasteiger partial charge in [-0.2, -0.15) is 4.72 Å². The molecule has 1 aromatic heterocycles. The summed E-state index contributed by atoms with van der Waals surface area (Å²) in [5.41, 5.74) is 2.72. The highest BCUT2D eigenvalue weighted by atomic mass is 35.5. The van der Waals surface area contributed by atoms with E-state index < -0.39 is 22.0 Å². The fourth-order valence-corrected chi connectivity index (χ4v) is 5.79. The quantitative estimate of drug-likeness (QED) is 0.171. The number of aryl methyl sites for hydroxylation is 2. The second-order valence-electron chi connectivity index (χ2n) is 9.62. The normalized spacial score (nSPS) is 12.3. The maximum atomic E-state index is 13.4. The SMILES string of the molecule is Cc1ccc(S(=O)(=O)NC(Cc2ccccc2)C(=O)Oc2ccc3c(=O)c(-c4ccc(Cl)cc4)c(C)oc3c2)cc1. The number of benzene rings is 4. The second-order valence-corrected chi connectivity index (χ2v) is 11.8. The van der Waals surface area contributed by atoms with Crippen molar-refractivity contribution in [2.45, 2.75) is 31.2 Å². The molecule has 0 spiro atoms. The Bertz CT molecular complexity index is 1880. The van der Waals surface area contributed by atoms with E-state index in [4.69, 9.17) is 20.8 Å². The van der Waals surface area contributed by atoms with Crippen LogP contribution in [0, 0.1) is 13.8 Å². The fraction of sp³-hybridized carbons (Fsp3) is 0.125. The molecule has 0 saturated heterocycles. The van der Waals surface area contributed by atoms with Crippen LogP contribution in [-0.4, -0.2) is 20.4 Å². The molecule has 5 rings (SSSR count). The van der Waals surface area contributed by atoms with Gasteiger partial charge in [0.05, 0.1) is 15.8 Å². The lowest BCUT2D eigenvalue weighted by Crippen LogP contribution is -2.44. The van der Waals surface area contributed by atoms with Gasteiger partial charge in [-0.15, -0.1) is 0 Å². The zero-order chi connectivity index (χ0) is 29.1. The van der Waals surface area contributed by atoms with E-state index in [9.17, 15) is 18.0 Å². The molecule has 1 N–H and O–H groups in total. The number of hydrogen-bond donors (Lipinski definition) is 1. The van der Waals surface area contributed by atoms with Crippen LogP contribution < -0.4 is 14.9 Å². The summed E-state index contributed by atoms with van der Waals surface area (Å²) >= 11 is 5.99. The minimum atomic E-state index is -4.03. The van der Waals surface area contributed by atoms with Crippen LogP contribution in [0.3, 0.4) is 0 Å². The Hall–Kier alpha value is -4.24. The van der Waals surface area contributed by atoms with Gasteiger partial charge in [0.15, 0.2) is 0 Å². The lowest BCUT2D eigenvalue weighted by atomic mass is 10.0. The van der Waals surface area contributed by atoms with Gasteiger partial charge in [0.1, 0.15) is 23.1 Å². The van der Waals surface area contributed by atoms with Gasteiger partial charge in [-0.25, -0.2) is 13.2 Å². The van der Waals surface area contributed by atoms with Crippen molar-refractivity contribution in [1.29, 1.82) is 0 Å². The molecule has 0 saturated carbocycles. The number of halogens is 1. The van der Waals surface area contributed by atoms with Crippen molar-refractivity contribution in [2.75, 3.05) is 0 Å². The Kier molecular flexibility index (Phi) is 8.08. The molecule has 0 amide bonds. The third-order valence-electron chi connectivity index (χ3n) is 6.59. The van der Waals surface area contributed by atoms with Crippen LogP contribution in [0.2, 0.25) is 5.02 Å². The standard InChI is InChI=1S/C32H26ClNO6S/c1-20-8-15-26(16-9-20)41(37,38)34-28(18-22-6-4-3-5-7-22)32(36)40-25-14-17-27-29(19-25)39-21(2)30(31(27)35)23-10-12-24(33)13-11-23/h3-17,19,28,34H,18H2,1-2H3. The van der Waals surface area contributed by atoms with Crippen LogP contribution >= 0.6 is 11.6 Å². The first kappa shape index (κ1) is 28.3. The maximum Gasteiger partial charge on any atom is 0.329 e. The molecular formula is C32H26ClNO6S. The molecule has 0 aliphatic rings. The maximum absolute atomic E-state index is 13.4. The first-order valence-electron chi connectivity index (χ1n) is 12.8. The predicted molar refractivity (Wildman–Crippen MR) is 159 cm³/mol. The zero-order valence-corrected chi connectivity index (χ0v) is 23.8. The van der Waals surface area contributed by atoms with Crippen molar-refractivity contribution >= 4 is 38.6 Å². The van der Waals surface area contributed by atoms with Crippen LogP contribution in [0.4, 0.5) is 0 Å². The fourth-order valence-electron chi connectivity index (χ4n) is 4.48. The number of fused-ring (bicyclic) bond motifs is 1. The molecule has 0 aliphatic heterocycles. The van der Waals surface area contributed by atoms with E-state index in [1.54, 1.807) is 67.6 Å². The van der Waals surface area contributed by atoms with Gasteiger partial charge >= 0.3 is 5.97 Å². The molecule has 4 aromatic carbocycles. The monoisotopic (exact) mass is 587 g/mol. The average molecular weight is 588 g/mol. The van der Waals surface area contributed by atoms with Crippen molar-refractivity contribution in [3.8, 4) is 16.9 Å². The van der Waals surface area contributed by atoms with E-state index >= 15 is 0 Å². The zero-order valence-electron chi connectivity index (χ0n) is 22.3. The second kappa shape index (κ2) is 11.7. The summed E-state index contributed by atoms with van der Waals surface area (Å²) in [6, 6.07) is 25.5. The highest BCUT2D eigenvalue weighted by Crippen LogP contribution is 2.27. The topological polar surface area (TPSA) is 103 Å². The van der Waals surface area contributed by atoms with E-state index in [-0.39, 0.29) is 28.1 Å². The van der Waals surface area contributed by atoms with E-state index in [2.05, 4.69) is 4.72 Å². The summed E-state index contributed by atoms with van der Waals surface area (Å²) in [4.78, 5) is 26.7. The van der Waals surface area contributed by atoms with Crippen LogP contribution in [-0.2, 0) is 21.2 Å². The van der Waals surface area contributed by atoms with Crippen molar-refractivity contribution in [3.05, 3.63) is 129 Å². The minimum Gasteiger partial charge on any atom is -0.460 e. The lowest BCUT2D eigenvalue weighted by molar-refractivity contribution is -0.136. The highest BCUT2D eigenvalue weighted by molar-refractivity contribution is 7.89. The molecule has 41 heavy (non-hydrogen) atoms. The molecule has 0 fully saturated rings. The van der Waals surface area contributed by atoms with Gasteiger partial charge in [-0.3, -0.25) is 4.79 Å². The smallest absolute Gasteiger partial charge is 0.329 e. The Balaban J connectivity index is 1.44. The number of rotatable bonds is 8. The number of hydrogen-bond acceptors (Lipinski definition) is 6. The van der Waals surface area contributed by atoms with Crippen molar-refractivity contribution in [1.82, 2.24) is 4.72 Å². The summed E-state index contributed by atoms with van der Waals surface area (Å²) in [6.07, 6.45) is 0.0665.